The molecular weight excluding hydrogens is 1710 g/mol. The molecule has 0 aliphatic carbocycles. The fourth-order valence-electron chi connectivity index (χ4n) is 15.6. The number of likely N-dealkylation sites (N-methyl/N-ethyl adjacent to an activating group) is 2. The molecule has 14 rings (SSSR count). The molecule has 6 aromatic carbocycles. The van der Waals surface area contributed by atoms with Crippen molar-refractivity contribution in [1.82, 2.24) is 54.4 Å². The summed E-state index contributed by atoms with van der Waals surface area (Å²) in [6, 6.07) is 39.1. The number of para-hydroxylation sites is 2. The highest BCUT2D eigenvalue weighted by Gasteiger charge is 2.33. The van der Waals surface area contributed by atoms with E-state index >= 15 is 0 Å². The number of anilines is 15. The van der Waals surface area contributed by atoms with Gasteiger partial charge in [-0.2, -0.15) is 15.0 Å². The zero-order valence-electron chi connectivity index (χ0n) is 73.5. The number of ether oxygens (including phenoxy) is 3. The summed E-state index contributed by atoms with van der Waals surface area (Å²) in [7, 11) is -3.65. The standard InChI is InChI=1S/C32H45ClN7O4PS.C31H43ClN7O2P.C25H30ClN6O3P/c1-22(2)46(42,43)30-19-24(39-13-11-23(12-14-39)40-17-15-38(3)16-18-40)7-9-28(30)35-31-26(33)21-34-32(37-31)36-27-10-8-25(45(5,6)41)20-29(27)44-4;1-22(2)41-28-20-24(38-14-12-23(13-15-38)39-18-16-37(3)17-19-39)10-11-26(28)35-31-33-21-25(32)30(36-31)34-27-8-6-7-9-29(27)42(4,5)40;1-17(33)31-11-13-32(14-12-31)18-9-10-20(22(15-18)35-2)29-25-27-16-19(26)24(30-25)28-21-7-5-6-8-23(21)36(3,4)34/h7-10,19-23H,11-18H2,1-6H3,(H2,34,35,36,37);6-11,20-23H,12-19H2,1-5H3,(H2,33,34,35,36);5-10,15-16H,11-14H2,1-4H3,(H2,27,28,29,30). The van der Waals surface area contributed by atoms with Crippen molar-refractivity contribution < 1.29 is 41.1 Å². The van der Waals surface area contributed by atoms with E-state index in [0.29, 0.717) is 104 Å². The lowest BCUT2D eigenvalue weighted by Gasteiger charge is -2.42. The van der Waals surface area contributed by atoms with Gasteiger partial charge in [0.05, 0.1) is 83.2 Å². The van der Waals surface area contributed by atoms with E-state index in [4.69, 9.17) is 49.0 Å². The first-order valence-corrected chi connectivity index (χ1v) is 52.4. The number of amides is 1. The smallest absolute Gasteiger partial charge is 0.229 e. The fourth-order valence-corrected chi connectivity index (χ4v) is 20.4. The average molecular weight is 1830 g/mol. The fraction of sp³-hybridized carbons (Fsp3) is 0.443. The number of piperidine rings is 2. The Kier molecular flexibility index (Phi) is 31.6. The Balaban J connectivity index is 0.000000171. The summed E-state index contributed by atoms with van der Waals surface area (Å²) in [5.74, 6) is 3.99. The van der Waals surface area contributed by atoms with E-state index in [2.05, 4.69) is 122 Å². The molecule has 9 aromatic rings. The number of nitrogens with zero attached hydrogens (tertiary/aromatic N) is 14. The Morgan fingerprint density at radius 1 is 0.435 bits per heavy atom. The molecule has 5 saturated heterocycles. The number of rotatable bonds is 26. The lowest BCUT2D eigenvalue weighted by molar-refractivity contribution is -0.129. The third kappa shape index (κ3) is 24.6. The van der Waals surface area contributed by atoms with Gasteiger partial charge in [0.25, 0.3) is 0 Å². The van der Waals surface area contributed by atoms with Crippen LogP contribution in [-0.2, 0) is 28.3 Å². The number of nitrogens with one attached hydrogen (secondary N) is 6. The highest BCUT2D eigenvalue weighted by atomic mass is 35.5. The molecular formula is C88H118Cl3N20O9P3S. The maximum atomic E-state index is 13.6. The van der Waals surface area contributed by atoms with Crippen LogP contribution in [0.25, 0.3) is 0 Å². The summed E-state index contributed by atoms with van der Waals surface area (Å²) >= 11 is 19.4. The molecule has 0 unspecified atom stereocenters. The maximum Gasteiger partial charge on any atom is 0.229 e. The Morgan fingerprint density at radius 2 is 0.798 bits per heavy atom. The number of piperazine rings is 3. The number of hydrogen-bond donors (Lipinski definition) is 6. The van der Waals surface area contributed by atoms with Crippen LogP contribution in [-0.4, -0.2) is 265 Å². The molecule has 0 bridgehead atoms. The van der Waals surface area contributed by atoms with E-state index in [1.807, 2.05) is 97.6 Å². The van der Waals surface area contributed by atoms with Crippen molar-refractivity contribution in [2.24, 2.45) is 0 Å². The molecule has 0 radical (unpaired) electrons. The summed E-state index contributed by atoms with van der Waals surface area (Å²) < 4.78 is 82.8. The van der Waals surface area contributed by atoms with Gasteiger partial charge in [-0.1, -0.05) is 59.1 Å². The Bertz CT molecular complexity index is 5480. The molecule has 666 valence electrons. The summed E-state index contributed by atoms with van der Waals surface area (Å²) in [5, 5.41) is 21.8. The van der Waals surface area contributed by atoms with Crippen molar-refractivity contribution in [2.75, 3.05) is 220 Å². The molecule has 124 heavy (non-hydrogen) atoms. The van der Waals surface area contributed by atoms with E-state index in [1.165, 1.54) is 45.4 Å². The first-order valence-electron chi connectivity index (χ1n) is 41.9. The number of aromatic nitrogens is 6. The van der Waals surface area contributed by atoms with Gasteiger partial charge in [-0.3, -0.25) is 14.6 Å². The molecule has 1 amide bonds. The minimum atomic E-state index is -3.66. The first kappa shape index (κ1) is 94.1. The molecule has 5 aliphatic rings. The molecule has 29 nitrogen and oxygen atoms in total. The normalized spacial score (nSPS) is 16.4. The molecule has 0 spiro atoms. The van der Waals surface area contributed by atoms with Crippen LogP contribution in [0.3, 0.4) is 0 Å². The maximum absolute atomic E-state index is 13.6. The van der Waals surface area contributed by atoms with Crippen LogP contribution in [0.1, 0.15) is 60.3 Å². The number of carbonyl (C=O) groups excluding carboxylic acids is 1. The molecule has 0 atom stereocenters. The van der Waals surface area contributed by atoms with Crippen LogP contribution >= 0.6 is 56.2 Å². The minimum absolute atomic E-state index is 0.00223. The highest BCUT2D eigenvalue weighted by Crippen LogP contribution is 2.44. The minimum Gasteiger partial charge on any atom is -0.495 e. The Labute approximate surface area is 745 Å². The van der Waals surface area contributed by atoms with Crippen LogP contribution in [0.15, 0.2) is 145 Å². The van der Waals surface area contributed by atoms with Crippen molar-refractivity contribution in [1.29, 1.82) is 0 Å². The molecule has 3 aromatic heterocycles. The molecule has 36 heteroatoms. The zero-order valence-corrected chi connectivity index (χ0v) is 79.3. The second-order valence-electron chi connectivity index (χ2n) is 33.5. The topological polar surface area (TPSA) is 306 Å². The van der Waals surface area contributed by atoms with E-state index in [1.54, 1.807) is 104 Å². The number of halogens is 3. The third-order valence-electron chi connectivity index (χ3n) is 22.8. The predicted molar refractivity (Wildman–Crippen MR) is 511 cm³/mol. The van der Waals surface area contributed by atoms with E-state index in [9.17, 15) is 26.9 Å². The van der Waals surface area contributed by atoms with Crippen molar-refractivity contribution in [3.05, 3.63) is 155 Å². The van der Waals surface area contributed by atoms with Gasteiger partial charge >= 0.3 is 0 Å². The summed E-state index contributed by atoms with van der Waals surface area (Å²) in [5.41, 5.74) is 6.90. The number of benzene rings is 6. The third-order valence-corrected chi connectivity index (χ3v) is 30.4. The van der Waals surface area contributed by atoms with Gasteiger partial charge in [-0.25, -0.2) is 23.4 Å². The summed E-state index contributed by atoms with van der Waals surface area (Å²) in [6.07, 6.45) is 8.96. The van der Waals surface area contributed by atoms with Gasteiger partial charge in [-0.15, -0.1) is 0 Å². The van der Waals surface area contributed by atoms with Crippen LogP contribution in [0.4, 0.5) is 86.5 Å². The lowest BCUT2D eigenvalue weighted by atomic mass is 10.0. The molecule has 8 heterocycles. The lowest BCUT2D eigenvalue weighted by Crippen LogP contribution is -2.52. The van der Waals surface area contributed by atoms with E-state index in [-0.39, 0.29) is 33.7 Å². The van der Waals surface area contributed by atoms with Crippen molar-refractivity contribution in [3.8, 4) is 17.2 Å². The van der Waals surface area contributed by atoms with E-state index in [0.717, 1.165) is 130 Å². The van der Waals surface area contributed by atoms with Crippen LogP contribution in [0.2, 0.25) is 15.1 Å². The average Bonchev–Trinajstić information content (AvgIpc) is 0.689. The number of sulfone groups is 1. The van der Waals surface area contributed by atoms with E-state index < -0.39 is 36.5 Å². The van der Waals surface area contributed by atoms with Gasteiger partial charge in [0.15, 0.2) is 27.3 Å². The van der Waals surface area contributed by atoms with Crippen LogP contribution < -0.4 is 76.7 Å². The molecule has 5 aliphatic heterocycles. The molecule has 6 N–H and O–H groups in total. The second kappa shape index (κ2) is 41.6. The van der Waals surface area contributed by atoms with Gasteiger partial charge < -0.3 is 89.2 Å². The van der Waals surface area contributed by atoms with Crippen LogP contribution in [0, 0.1) is 0 Å². The SMILES string of the molecule is CC(C)Oc1cc(N2CCC(N3CCN(C)CC3)CC2)ccc1Nc1ncc(Cl)c(Nc2ccccc2P(C)(C)=O)n1.COc1cc(N2CCN(C(C)=O)CC2)ccc1Nc1ncc(Cl)c(Nc2ccccc2P(C)(C)=O)n1.COc1cc(P(C)(C)=O)ccc1Nc1ncc(Cl)c(Nc2ccc(N3CCC(N4CCN(C)CC4)CC3)cc2S(=O)(=O)C(C)C)n1. The van der Waals surface area contributed by atoms with Crippen molar-refractivity contribution in [3.63, 3.8) is 0 Å². The largest absolute Gasteiger partial charge is 0.495 e. The van der Waals surface area contributed by atoms with Gasteiger partial charge in [0, 0.05) is 169 Å². The summed E-state index contributed by atoms with van der Waals surface area (Å²) in [6.45, 7) is 35.1. The predicted octanol–water partition coefficient (Wildman–Crippen LogP) is 15.7. The summed E-state index contributed by atoms with van der Waals surface area (Å²) in [4.78, 5) is 57.5. The van der Waals surface area contributed by atoms with Crippen LogP contribution in [0.5, 0.6) is 17.2 Å². The molecule has 0 saturated carbocycles. The molecule has 5 fully saturated rings. The quantitative estimate of drug-likeness (QED) is 0.0274. The second-order valence-corrected chi connectivity index (χ2v) is 46.8. The highest BCUT2D eigenvalue weighted by molar-refractivity contribution is 7.92. The zero-order chi connectivity index (χ0) is 89.0. The van der Waals surface area contributed by atoms with Crippen molar-refractivity contribution >= 4 is 174 Å². The Hall–Kier alpha value is -9.02. The number of hydrogen-bond acceptors (Lipinski definition) is 28. The Morgan fingerprint density at radius 3 is 1.19 bits per heavy atom. The number of methoxy groups -OCH3 is 2. The van der Waals surface area contributed by atoms with Gasteiger partial charge in [0.1, 0.15) is 53.7 Å². The van der Waals surface area contributed by atoms with Gasteiger partial charge in [-0.05, 0) is 192 Å². The van der Waals surface area contributed by atoms with Crippen molar-refractivity contribution in [2.45, 2.75) is 88.6 Å². The monoisotopic (exact) mass is 1830 g/mol. The van der Waals surface area contributed by atoms with Gasteiger partial charge in [0.2, 0.25) is 23.8 Å². The first-order chi connectivity index (χ1) is 59.0. The number of carbonyl (C=O) groups is 1.